The van der Waals surface area contributed by atoms with Crippen LogP contribution in [-0.4, -0.2) is 60.1 Å². The van der Waals surface area contributed by atoms with Crippen molar-refractivity contribution in [3.63, 3.8) is 0 Å². The van der Waals surface area contributed by atoms with Crippen LogP contribution < -0.4 is 5.73 Å². The molecule has 4 unspecified atom stereocenters. The number of aliphatic hydroxyl groups is 2. The summed E-state index contributed by atoms with van der Waals surface area (Å²) in [5, 5.41) is 20.2. The van der Waals surface area contributed by atoms with E-state index in [1.807, 2.05) is 6.26 Å². The molecule has 2 aromatic heterocycles. The summed E-state index contributed by atoms with van der Waals surface area (Å²) in [4.78, 5) is 12.1. The van der Waals surface area contributed by atoms with Crippen molar-refractivity contribution in [1.82, 2.24) is 19.5 Å². The maximum Gasteiger partial charge on any atom is 0.167 e. The summed E-state index contributed by atoms with van der Waals surface area (Å²) in [6, 6.07) is 0. The average Bonchev–Trinajstić information content (AvgIpc) is 2.97. The lowest BCUT2D eigenvalue weighted by Gasteiger charge is -2.16. The van der Waals surface area contributed by atoms with Gasteiger partial charge in [0.15, 0.2) is 17.7 Å². The number of imidazole rings is 1. The fourth-order valence-electron chi connectivity index (χ4n) is 2.32. The number of aliphatic hydroxyl groups excluding tert-OH is 2. The molecule has 20 heavy (non-hydrogen) atoms. The number of aromatic nitrogens is 4. The standard InChI is InChI=1S/C11H15N5O3S/c1-20-2-5-7(17)8(18)11(19-5)16-4-15-6-9(12)13-3-14-10(6)16/h3-5,7-8,11,17-18H,2H2,1H3,(H2,12,13,14). The van der Waals surface area contributed by atoms with Gasteiger partial charge < -0.3 is 20.7 Å². The Hall–Kier alpha value is -1.42. The Morgan fingerprint density at radius 3 is 2.90 bits per heavy atom. The minimum atomic E-state index is -1.04. The first-order valence-electron chi connectivity index (χ1n) is 6.07. The van der Waals surface area contributed by atoms with Crippen molar-refractivity contribution >= 4 is 28.7 Å². The second-order valence-electron chi connectivity index (χ2n) is 4.58. The molecule has 0 saturated carbocycles. The molecule has 3 heterocycles. The third-order valence-electron chi connectivity index (χ3n) is 3.33. The van der Waals surface area contributed by atoms with Gasteiger partial charge in [-0.3, -0.25) is 4.57 Å². The van der Waals surface area contributed by atoms with Crippen LogP contribution in [-0.2, 0) is 4.74 Å². The first kappa shape index (κ1) is 13.6. The highest BCUT2D eigenvalue weighted by Crippen LogP contribution is 2.32. The Bertz CT molecular complexity index is 621. The SMILES string of the molecule is CSCC1OC(n2cnc3c(N)ncnc32)C(O)C1O. The highest BCUT2D eigenvalue weighted by atomic mass is 32.2. The Labute approximate surface area is 119 Å². The number of hydrogen-bond donors (Lipinski definition) is 3. The van der Waals surface area contributed by atoms with Gasteiger partial charge in [-0.05, 0) is 6.26 Å². The largest absolute Gasteiger partial charge is 0.387 e. The van der Waals surface area contributed by atoms with E-state index in [2.05, 4.69) is 15.0 Å². The number of rotatable bonds is 3. The van der Waals surface area contributed by atoms with Gasteiger partial charge in [0.1, 0.15) is 24.1 Å². The zero-order valence-electron chi connectivity index (χ0n) is 10.7. The number of nitrogen functional groups attached to an aromatic ring is 1. The molecule has 0 aromatic carbocycles. The van der Waals surface area contributed by atoms with Gasteiger partial charge in [-0.15, -0.1) is 0 Å². The molecule has 0 aliphatic carbocycles. The molecule has 1 aliphatic heterocycles. The molecular weight excluding hydrogens is 282 g/mol. The van der Waals surface area contributed by atoms with Crippen LogP contribution >= 0.6 is 11.8 Å². The number of anilines is 1. The Balaban J connectivity index is 1.97. The molecule has 108 valence electrons. The number of thioether (sulfide) groups is 1. The van der Waals surface area contributed by atoms with Crippen molar-refractivity contribution in [2.75, 3.05) is 17.7 Å². The average molecular weight is 297 g/mol. The van der Waals surface area contributed by atoms with E-state index in [1.54, 1.807) is 16.3 Å². The van der Waals surface area contributed by atoms with Gasteiger partial charge in [0.2, 0.25) is 0 Å². The predicted molar refractivity (Wildman–Crippen MR) is 74.0 cm³/mol. The molecule has 0 amide bonds. The Morgan fingerprint density at radius 2 is 2.15 bits per heavy atom. The lowest BCUT2D eigenvalue weighted by atomic mass is 10.1. The summed E-state index contributed by atoms with van der Waals surface area (Å²) in [5.41, 5.74) is 6.64. The van der Waals surface area contributed by atoms with Gasteiger partial charge in [0.25, 0.3) is 0 Å². The van der Waals surface area contributed by atoms with Crippen LogP contribution in [0.15, 0.2) is 12.7 Å². The minimum absolute atomic E-state index is 0.266. The smallest absolute Gasteiger partial charge is 0.167 e. The molecule has 1 aliphatic rings. The van der Waals surface area contributed by atoms with Crippen LogP contribution in [0.3, 0.4) is 0 Å². The second kappa shape index (κ2) is 5.17. The zero-order chi connectivity index (χ0) is 14.3. The maximum absolute atomic E-state index is 10.1. The fourth-order valence-corrected chi connectivity index (χ4v) is 2.92. The van der Waals surface area contributed by atoms with Gasteiger partial charge in [-0.2, -0.15) is 11.8 Å². The number of hydrogen-bond acceptors (Lipinski definition) is 8. The molecule has 0 bridgehead atoms. The highest BCUT2D eigenvalue weighted by Gasteiger charge is 2.43. The second-order valence-corrected chi connectivity index (χ2v) is 5.50. The number of fused-ring (bicyclic) bond motifs is 1. The molecule has 1 fully saturated rings. The monoisotopic (exact) mass is 297 g/mol. The van der Waals surface area contributed by atoms with Gasteiger partial charge in [0.05, 0.1) is 12.4 Å². The Morgan fingerprint density at radius 1 is 1.35 bits per heavy atom. The van der Waals surface area contributed by atoms with E-state index in [9.17, 15) is 10.2 Å². The Kier molecular flexibility index (Phi) is 3.50. The van der Waals surface area contributed by atoms with Crippen LogP contribution in [0.25, 0.3) is 11.2 Å². The number of nitrogens with zero attached hydrogens (tertiary/aromatic N) is 4. The van der Waals surface area contributed by atoms with Gasteiger partial charge in [-0.25, -0.2) is 15.0 Å². The summed E-state index contributed by atoms with van der Waals surface area (Å²) >= 11 is 1.54. The normalized spacial score (nSPS) is 30.1. The van der Waals surface area contributed by atoms with Crippen molar-refractivity contribution in [3.05, 3.63) is 12.7 Å². The van der Waals surface area contributed by atoms with Crippen LogP contribution in [0.4, 0.5) is 5.82 Å². The quantitative estimate of drug-likeness (QED) is 0.686. The van der Waals surface area contributed by atoms with Gasteiger partial charge in [0, 0.05) is 5.75 Å². The van der Waals surface area contributed by atoms with Crippen molar-refractivity contribution in [2.45, 2.75) is 24.5 Å². The van der Waals surface area contributed by atoms with Gasteiger partial charge in [-0.1, -0.05) is 0 Å². The van der Waals surface area contributed by atoms with E-state index in [0.717, 1.165) is 0 Å². The molecule has 4 atom stereocenters. The van der Waals surface area contributed by atoms with Crippen LogP contribution in [0.1, 0.15) is 6.23 Å². The van der Waals surface area contributed by atoms with Crippen molar-refractivity contribution < 1.29 is 14.9 Å². The predicted octanol–water partition coefficient (Wildman–Crippen LogP) is -0.609. The summed E-state index contributed by atoms with van der Waals surface area (Å²) < 4.78 is 7.29. The van der Waals surface area contributed by atoms with Gasteiger partial charge >= 0.3 is 0 Å². The molecule has 2 aromatic rings. The van der Waals surface area contributed by atoms with Crippen molar-refractivity contribution in [1.29, 1.82) is 0 Å². The van der Waals surface area contributed by atoms with Crippen molar-refractivity contribution in [2.24, 2.45) is 0 Å². The van der Waals surface area contributed by atoms with E-state index >= 15 is 0 Å². The molecular formula is C11H15N5O3S. The summed E-state index contributed by atoms with van der Waals surface area (Å²) in [7, 11) is 0. The topological polar surface area (TPSA) is 119 Å². The fraction of sp³-hybridized carbons (Fsp3) is 0.545. The summed E-state index contributed by atoms with van der Waals surface area (Å²) in [6.45, 7) is 0. The van der Waals surface area contributed by atoms with E-state index < -0.39 is 24.5 Å². The minimum Gasteiger partial charge on any atom is -0.387 e. The molecule has 8 nitrogen and oxygen atoms in total. The maximum atomic E-state index is 10.1. The lowest BCUT2D eigenvalue weighted by molar-refractivity contribution is -0.0288. The third-order valence-corrected chi connectivity index (χ3v) is 3.99. The molecule has 0 spiro atoms. The number of ether oxygens (including phenoxy) is 1. The van der Waals surface area contributed by atoms with E-state index in [0.29, 0.717) is 16.9 Å². The van der Waals surface area contributed by atoms with E-state index in [1.165, 1.54) is 12.7 Å². The highest BCUT2D eigenvalue weighted by molar-refractivity contribution is 7.98. The molecule has 3 rings (SSSR count). The molecule has 1 saturated heterocycles. The zero-order valence-corrected chi connectivity index (χ0v) is 11.6. The first-order valence-corrected chi connectivity index (χ1v) is 7.46. The lowest BCUT2D eigenvalue weighted by Crippen LogP contribution is -2.32. The molecule has 4 N–H and O–H groups in total. The molecule has 0 radical (unpaired) electrons. The van der Waals surface area contributed by atoms with Crippen molar-refractivity contribution in [3.8, 4) is 0 Å². The summed E-state index contributed by atoms with van der Waals surface area (Å²) in [6.07, 6.45) is 1.58. The van der Waals surface area contributed by atoms with Crippen LogP contribution in [0, 0.1) is 0 Å². The third kappa shape index (κ3) is 2.03. The number of nitrogens with two attached hydrogens (primary N) is 1. The van der Waals surface area contributed by atoms with E-state index in [-0.39, 0.29) is 5.82 Å². The van der Waals surface area contributed by atoms with Crippen LogP contribution in [0.5, 0.6) is 0 Å². The van der Waals surface area contributed by atoms with Crippen LogP contribution in [0.2, 0.25) is 0 Å². The molecule has 9 heteroatoms. The summed E-state index contributed by atoms with van der Waals surface area (Å²) in [5.74, 6) is 0.862. The van der Waals surface area contributed by atoms with E-state index in [4.69, 9.17) is 10.5 Å². The first-order chi connectivity index (χ1) is 9.63.